The van der Waals surface area contributed by atoms with Crippen molar-refractivity contribution in [2.45, 2.75) is 73.9 Å². The molecule has 5 rings (SSSR count). The number of carbonyl (C=O) groups excluding carboxylic acids is 1. The number of anilines is 1. The van der Waals surface area contributed by atoms with Crippen LogP contribution in [-0.4, -0.2) is 54.3 Å². The molecule has 1 aliphatic heterocycles. The summed E-state index contributed by atoms with van der Waals surface area (Å²) in [6.07, 6.45) is 2.14. The molecule has 1 aromatic carbocycles. The van der Waals surface area contributed by atoms with E-state index in [-0.39, 0.29) is 40.5 Å². The number of nitrogens with zero attached hydrogens (tertiary/aromatic N) is 2. The summed E-state index contributed by atoms with van der Waals surface area (Å²) in [5, 5.41) is 2.33. The Morgan fingerprint density at radius 1 is 1.08 bits per heavy atom. The van der Waals surface area contributed by atoms with E-state index < -0.39 is 39.8 Å². The van der Waals surface area contributed by atoms with Crippen LogP contribution < -0.4 is 5.32 Å². The number of carbonyl (C=O) groups is 1. The van der Waals surface area contributed by atoms with E-state index in [2.05, 4.69) is 15.3 Å². The van der Waals surface area contributed by atoms with E-state index >= 15 is 0 Å². The molecule has 3 aliphatic rings. The van der Waals surface area contributed by atoms with Crippen molar-refractivity contribution in [3.8, 4) is 0 Å². The van der Waals surface area contributed by atoms with Crippen molar-refractivity contribution in [2.75, 3.05) is 11.9 Å². The molecule has 2 aliphatic carbocycles. The maximum atomic E-state index is 13.8. The van der Waals surface area contributed by atoms with Crippen molar-refractivity contribution < 1.29 is 31.5 Å². The molecule has 4 atom stereocenters. The SMILES string of the molecule is CC1(C)OC[C@@H](c2cnc(NC(=O)/C(=C/C3C[C@@H](F)[C@@H](F)C3)c3ccc(S(=O)(=O)C4CC4)cc3)cn2)O1. The molecular weight excluding hydrogens is 504 g/mol. The Bertz CT molecular complexity index is 1280. The van der Waals surface area contributed by atoms with E-state index in [1.54, 1.807) is 32.1 Å². The van der Waals surface area contributed by atoms with Crippen molar-refractivity contribution in [1.82, 2.24) is 9.97 Å². The highest BCUT2D eigenvalue weighted by atomic mass is 32.2. The molecular formula is C26H29F2N3O5S. The fraction of sp³-hybridized carbons (Fsp3) is 0.500. The molecule has 3 fully saturated rings. The number of halogens is 2. The molecule has 1 unspecified atom stereocenters. The zero-order valence-electron chi connectivity index (χ0n) is 20.6. The fourth-order valence-corrected chi connectivity index (χ4v) is 6.28. The Hall–Kier alpha value is -2.76. The molecule has 0 bridgehead atoms. The summed E-state index contributed by atoms with van der Waals surface area (Å²) in [5.74, 6) is -1.55. The third-order valence-corrected chi connectivity index (χ3v) is 9.08. The molecule has 8 nitrogen and oxygen atoms in total. The number of sulfone groups is 1. The molecule has 2 aromatic rings. The van der Waals surface area contributed by atoms with Crippen LogP contribution in [0.25, 0.3) is 5.57 Å². The minimum absolute atomic E-state index is 0.0274. The predicted molar refractivity (Wildman–Crippen MR) is 132 cm³/mol. The largest absolute Gasteiger partial charge is 0.347 e. The van der Waals surface area contributed by atoms with Crippen LogP contribution in [0.15, 0.2) is 47.6 Å². The highest BCUT2D eigenvalue weighted by molar-refractivity contribution is 7.92. The highest BCUT2D eigenvalue weighted by Crippen LogP contribution is 2.36. The quantitative estimate of drug-likeness (QED) is 0.528. The van der Waals surface area contributed by atoms with Gasteiger partial charge in [-0.3, -0.25) is 9.78 Å². The number of ether oxygens (including phenoxy) is 2. The summed E-state index contributed by atoms with van der Waals surface area (Å²) in [5.41, 5.74) is 1.18. The van der Waals surface area contributed by atoms with Gasteiger partial charge in [-0.05, 0) is 63.1 Å². The summed E-state index contributed by atoms with van der Waals surface area (Å²) in [7, 11) is -3.39. The number of hydrogen-bond donors (Lipinski definition) is 1. The topological polar surface area (TPSA) is 107 Å². The van der Waals surface area contributed by atoms with E-state index in [1.165, 1.54) is 24.5 Å². The van der Waals surface area contributed by atoms with Crippen molar-refractivity contribution in [2.24, 2.45) is 5.92 Å². The second kappa shape index (κ2) is 9.85. The van der Waals surface area contributed by atoms with Crippen LogP contribution in [0.1, 0.15) is 56.9 Å². The van der Waals surface area contributed by atoms with E-state index in [1.807, 2.05) is 0 Å². The van der Waals surface area contributed by atoms with Gasteiger partial charge < -0.3 is 14.8 Å². The highest BCUT2D eigenvalue weighted by Gasteiger charge is 2.37. The van der Waals surface area contributed by atoms with Crippen LogP contribution in [0.5, 0.6) is 0 Å². The van der Waals surface area contributed by atoms with E-state index in [0.29, 0.717) is 30.7 Å². The Labute approximate surface area is 214 Å². The number of nitrogens with one attached hydrogen (secondary N) is 1. The first-order chi connectivity index (χ1) is 17.5. The van der Waals surface area contributed by atoms with Gasteiger partial charge in [-0.15, -0.1) is 0 Å². The second-order valence-electron chi connectivity index (χ2n) is 10.2. The summed E-state index contributed by atoms with van der Waals surface area (Å²) >= 11 is 0. The minimum Gasteiger partial charge on any atom is -0.347 e. The summed E-state index contributed by atoms with van der Waals surface area (Å²) in [6, 6.07) is 6.02. The van der Waals surface area contributed by atoms with Crippen molar-refractivity contribution in [3.63, 3.8) is 0 Å². The normalized spacial score (nSPS) is 27.8. The number of alkyl halides is 2. The van der Waals surface area contributed by atoms with Crippen LogP contribution in [0.4, 0.5) is 14.6 Å². The van der Waals surface area contributed by atoms with Gasteiger partial charge in [0.1, 0.15) is 18.4 Å². The Morgan fingerprint density at radius 3 is 2.30 bits per heavy atom. The van der Waals surface area contributed by atoms with Crippen LogP contribution in [0.3, 0.4) is 0 Å². The van der Waals surface area contributed by atoms with Crippen LogP contribution in [0.2, 0.25) is 0 Å². The maximum Gasteiger partial charge on any atom is 0.257 e. The predicted octanol–water partition coefficient (Wildman–Crippen LogP) is 4.35. The molecule has 1 saturated heterocycles. The lowest BCUT2D eigenvalue weighted by Gasteiger charge is -2.16. The zero-order chi connectivity index (χ0) is 26.4. The van der Waals surface area contributed by atoms with Gasteiger partial charge in [-0.1, -0.05) is 18.2 Å². The van der Waals surface area contributed by atoms with Crippen molar-refractivity contribution in [3.05, 3.63) is 54.0 Å². The second-order valence-corrected chi connectivity index (χ2v) is 12.4. The number of rotatable bonds is 7. The molecule has 0 radical (unpaired) electrons. The maximum absolute atomic E-state index is 13.8. The lowest BCUT2D eigenvalue weighted by Crippen LogP contribution is -2.20. The van der Waals surface area contributed by atoms with Gasteiger partial charge >= 0.3 is 0 Å². The number of benzene rings is 1. The summed E-state index contributed by atoms with van der Waals surface area (Å²) in [4.78, 5) is 22.1. The van der Waals surface area contributed by atoms with Crippen LogP contribution >= 0.6 is 0 Å². The van der Waals surface area contributed by atoms with Crippen molar-refractivity contribution >= 4 is 27.1 Å². The molecule has 0 spiro atoms. The van der Waals surface area contributed by atoms with E-state index in [9.17, 15) is 22.0 Å². The molecule has 198 valence electrons. The number of aromatic nitrogens is 2. The summed E-state index contributed by atoms with van der Waals surface area (Å²) in [6.45, 7) is 3.94. The smallest absolute Gasteiger partial charge is 0.257 e. The molecule has 1 N–H and O–H groups in total. The number of allylic oxidation sites excluding steroid dienone is 1. The monoisotopic (exact) mass is 533 g/mol. The Balaban J connectivity index is 1.36. The lowest BCUT2D eigenvalue weighted by molar-refractivity contribution is -0.139. The van der Waals surface area contributed by atoms with Gasteiger partial charge in [0, 0.05) is 5.57 Å². The average molecular weight is 534 g/mol. The molecule has 1 aromatic heterocycles. The van der Waals surface area contributed by atoms with Gasteiger partial charge in [0.2, 0.25) is 0 Å². The molecule has 2 saturated carbocycles. The van der Waals surface area contributed by atoms with Gasteiger partial charge in [0.25, 0.3) is 5.91 Å². The molecule has 2 heterocycles. The standard InChI is InChI=1S/C26H29F2N3O5S/c1-26(2)35-14-23(36-26)22-12-30-24(13-29-22)31-25(32)19(9-15-10-20(27)21(28)11-15)16-3-5-17(6-4-16)37(33,34)18-7-8-18/h3-6,9,12-13,15,18,20-21,23H,7-8,10-11,14H2,1-2H3,(H,30,31,32)/b19-9+/t15?,20-,21+,23-/m0/s1. The summed E-state index contributed by atoms with van der Waals surface area (Å²) < 4.78 is 64.1. The van der Waals surface area contributed by atoms with Gasteiger partial charge in [0.15, 0.2) is 21.4 Å². The first-order valence-electron chi connectivity index (χ1n) is 12.3. The number of hydrogen-bond acceptors (Lipinski definition) is 7. The Morgan fingerprint density at radius 2 is 1.76 bits per heavy atom. The number of amides is 1. The minimum atomic E-state index is -3.39. The van der Waals surface area contributed by atoms with Crippen LogP contribution in [0, 0.1) is 5.92 Å². The first kappa shape index (κ1) is 25.9. The van der Waals surface area contributed by atoms with E-state index in [4.69, 9.17) is 9.47 Å². The molecule has 11 heteroatoms. The Kier molecular flexibility index (Phi) is 6.88. The van der Waals surface area contributed by atoms with Gasteiger partial charge in [-0.25, -0.2) is 22.2 Å². The van der Waals surface area contributed by atoms with E-state index in [0.717, 1.165) is 0 Å². The van der Waals surface area contributed by atoms with Gasteiger partial charge in [-0.2, -0.15) is 0 Å². The van der Waals surface area contributed by atoms with Gasteiger partial charge in [0.05, 0.1) is 34.8 Å². The fourth-order valence-electron chi connectivity index (χ4n) is 4.63. The zero-order valence-corrected chi connectivity index (χ0v) is 21.4. The van der Waals surface area contributed by atoms with Crippen LogP contribution in [-0.2, 0) is 24.1 Å². The first-order valence-corrected chi connectivity index (χ1v) is 13.9. The third kappa shape index (κ3) is 5.73. The molecule has 37 heavy (non-hydrogen) atoms. The lowest BCUT2D eigenvalue weighted by atomic mass is 9.98. The average Bonchev–Trinajstić information content (AvgIpc) is 3.60. The molecule has 1 amide bonds. The van der Waals surface area contributed by atoms with Crippen molar-refractivity contribution in [1.29, 1.82) is 0 Å². The third-order valence-electron chi connectivity index (χ3n) is 6.80.